The molecule has 0 fully saturated rings. The molecular formula is C18H20N6O3. The molecule has 2 N–H and O–H groups in total. The fraction of sp³-hybridized carbons (Fsp3) is 0.222. The number of fused-ring (bicyclic) bond motifs is 1. The molecule has 9 heteroatoms. The first-order chi connectivity index (χ1) is 12.9. The number of nitrogens with zero attached hydrogens (tertiary/aromatic N) is 4. The van der Waals surface area contributed by atoms with E-state index >= 15 is 0 Å². The largest absolute Gasteiger partial charge is 0.497 e. The van der Waals surface area contributed by atoms with Gasteiger partial charge in [-0.25, -0.2) is 10.2 Å². The summed E-state index contributed by atoms with van der Waals surface area (Å²) in [5.74, 6) is 1.09. The van der Waals surface area contributed by atoms with E-state index in [2.05, 4.69) is 27.1 Å². The van der Waals surface area contributed by atoms with Crippen LogP contribution in [0.3, 0.4) is 0 Å². The molecule has 0 radical (unpaired) electrons. The molecule has 0 aliphatic heterocycles. The lowest BCUT2D eigenvalue weighted by molar-refractivity contribution is 0.415. The highest BCUT2D eigenvalue weighted by molar-refractivity contribution is 5.80. The van der Waals surface area contributed by atoms with Gasteiger partial charge >= 0.3 is 5.69 Å². The number of aromatic amines is 1. The maximum absolute atomic E-state index is 12.3. The van der Waals surface area contributed by atoms with Gasteiger partial charge in [0.25, 0.3) is 5.56 Å². The Hall–Kier alpha value is -3.62. The highest BCUT2D eigenvalue weighted by atomic mass is 16.5. The first-order valence-electron chi connectivity index (χ1n) is 8.17. The Balaban J connectivity index is 1.99. The number of allylic oxidation sites excluding steroid dienone is 1. The van der Waals surface area contributed by atoms with Gasteiger partial charge in [0.05, 0.1) is 13.3 Å². The second-order valence-corrected chi connectivity index (χ2v) is 6.11. The highest BCUT2D eigenvalue weighted by Gasteiger charge is 2.17. The van der Waals surface area contributed by atoms with Gasteiger partial charge in [-0.15, -0.1) is 0 Å². The fourth-order valence-corrected chi connectivity index (χ4v) is 2.60. The summed E-state index contributed by atoms with van der Waals surface area (Å²) in [6, 6.07) is 7.37. The van der Waals surface area contributed by atoms with Gasteiger partial charge in [0.2, 0.25) is 5.95 Å². The molecule has 3 aromatic rings. The number of anilines is 1. The minimum Gasteiger partial charge on any atom is -0.497 e. The number of rotatable bonds is 6. The lowest BCUT2D eigenvalue weighted by Crippen LogP contribution is -2.29. The second kappa shape index (κ2) is 7.32. The molecule has 0 spiro atoms. The van der Waals surface area contributed by atoms with Gasteiger partial charge in [0, 0.05) is 13.6 Å². The lowest BCUT2D eigenvalue weighted by Gasteiger charge is -2.07. The van der Waals surface area contributed by atoms with E-state index in [1.54, 1.807) is 24.9 Å². The number of aryl methyl sites for hydroxylation is 1. The summed E-state index contributed by atoms with van der Waals surface area (Å²) in [6.45, 7) is 6.08. The Labute approximate surface area is 154 Å². The Bertz CT molecular complexity index is 1130. The van der Waals surface area contributed by atoms with E-state index in [0.717, 1.165) is 16.9 Å². The Morgan fingerprint density at radius 1 is 1.37 bits per heavy atom. The number of aromatic nitrogens is 4. The molecule has 9 nitrogen and oxygen atoms in total. The van der Waals surface area contributed by atoms with E-state index in [4.69, 9.17) is 4.74 Å². The number of hydrazone groups is 1. The van der Waals surface area contributed by atoms with Crippen LogP contribution in [-0.2, 0) is 13.6 Å². The quantitative estimate of drug-likeness (QED) is 0.389. The molecule has 0 aliphatic rings. The number of nitrogens with one attached hydrogen (secondary N) is 2. The minimum atomic E-state index is -0.527. The van der Waals surface area contributed by atoms with Crippen LogP contribution >= 0.6 is 0 Å². The van der Waals surface area contributed by atoms with Gasteiger partial charge in [-0.2, -0.15) is 10.1 Å². The number of H-pyrrole nitrogens is 1. The molecule has 0 aliphatic carbocycles. The zero-order valence-corrected chi connectivity index (χ0v) is 15.3. The number of hydrogen-bond acceptors (Lipinski definition) is 6. The molecular weight excluding hydrogens is 348 g/mol. The van der Waals surface area contributed by atoms with E-state index in [9.17, 15) is 9.59 Å². The molecule has 0 atom stereocenters. The zero-order chi connectivity index (χ0) is 19.6. The van der Waals surface area contributed by atoms with Gasteiger partial charge in [-0.1, -0.05) is 12.2 Å². The first-order valence-corrected chi connectivity index (χ1v) is 8.17. The SMILES string of the molecule is C=C(C)Cn1c(N/N=C/c2ccc(OC)cc2)nc2c1c(=O)[nH]c(=O)n2C. The van der Waals surface area contributed by atoms with Crippen LogP contribution in [0, 0.1) is 0 Å². The predicted octanol–water partition coefficient (Wildman–Crippen LogP) is 1.45. The van der Waals surface area contributed by atoms with Crippen LogP contribution in [0.15, 0.2) is 51.1 Å². The molecule has 0 saturated heterocycles. The molecule has 2 aromatic heterocycles. The minimum absolute atomic E-state index is 0.271. The second-order valence-electron chi connectivity index (χ2n) is 6.11. The van der Waals surface area contributed by atoms with Crippen LogP contribution in [0.25, 0.3) is 11.2 Å². The molecule has 27 heavy (non-hydrogen) atoms. The molecule has 0 saturated carbocycles. The summed E-state index contributed by atoms with van der Waals surface area (Å²) >= 11 is 0. The van der Waals surface area contributed by atoms with Crippen molar-refractivity contribution in [2.75, 3.05) is 12.5 Å². The van der Waals surface area contributed by atoms with Crippen LogP contribution in [0.5, 0.6) is 5.75 Å². The third-order valence-corrected chi connectivity index (χ3v) is 3.93. The van der Waals surface area contributed by atoms with Crippen LogP contribution in [0.4, 0.5) is 5.95 Å². The van der Waals surface area contributed by atoms with Crippen LogP contribution in [-0.4, -0.2) is 32.4 Å². The van der Waals surface area contributed by atoms with E-state index in [-0.39, 0.29) is 11.2 Å². The van der Waals surface area contributed by atoms with E-state index in [0.29, 0.717) is 12.5 Å². The Morgan fingerprint density at radius 3 is 2.70 bits per heavy atom. The molecule has 0 amide bonds. The van der Waals surface area contributed by atoms with Crippen LogP contribution < -0.4 is 21.4 Å². The van der Waals surface area contributed by atoms with Crippen molar-refractivity contribution in [2.45, 2.75) is 13.5 Å². The predicted molar refractivity (Wildman–Crippen MR) is 105 cm³/mol. The smallest absolute Gasteiger partial charge is 0.329 e. The van der Waals surface area contributed by atoms with Crippen LogP contribution in [0.1, 0.15) is 12.5 Å². The van der Waals surface area contributed by atoms with Crippen molar-refractivity contribution in [2.24, 2.45) is 12.1 Å². The maximum atomic E-state index is 12.3. The summed E-state index contributed by atoms with van der Waals surface area (Å²) in [5, 5.41) is 4.18. The van der Waals surface area contributed by atoms with Crippen molar-refractivity contribution in [1.29, 1.82) is 0 Å². The maximum Gasteiger partial charge on any atom is 0.329 e. The Kier molecular flexibility index (Phi) is 4.93. The van der Waals surface area contributed by atoms with E-state index in [1.807, 2.05) is 31.2 Å². The van der Waals surface area contributed by atoms with Crippen molar-refractivity contribution < 1.29 is 4.74 Å². The van der Waals surface area contributed by atoms with Crippen molar-refractivity contribution >= 4 is 23.3 Å². The lowest BCUT2D eigenvalue weighted by atomic mass is 10.2. The van der Waals surface area contributed by atoms with Crippen LogP contribution in [0.2, 0.25) is 0 Å². The van der Waals surface area contributed by atoms with Crippen molar-refractivity contribution in [3.8, 4) is 5.75 Å². The van der Waals surface area contributed by atoms with Crippen molar-refractivity contribution in [3.05, 3.63) is 62.8 Å². The summed E-state index contributed by atoms with van der Waals surface area (Å²) in [7, 11) is 3.15. The molecule has 0 bridgehead atoms. The number of methoxy groups -OCH3 is 1. The normalized spacial score (nSPS) is 11.2. The fourth-order valence-electron chi connectivity index (χ4n) is 2.60. The average Bonchev–Trinajstić information content (AvgIpc) is 2.99. The topological polar surface area (TPSA) is 106 Å². The highest BCUT2D eigenvalue weighted by Crippen LogP contribution is 2.17. The van der Waals surface area contributed by atoms with Gasteiger partial charge in [-0.3, -0.25) is 18.9 Å². The third-order valence-electron chi connectivity index (χ3n) is 3.93. The van der Waals surface area contributed by atoms with Gasteiger partial charge in [0.1, 0.15) is 5.75 Å². The summed E-state index contributed by atoms with van der Waals surface area (Å²) in [4.78, 5) is 30.8. The summed E-state index contributed by atoms with van der Waals surface area (Å²) < 4.78 is 8.04. The molecule has 3 rings (SSSR count). The number of hydrogen-bond donors (Lipinski definition) is 2. The number of benzene rings is 1. The molecule has 1 aromatic carbocycles. The number of ether oxygens (including phenoxy) is 1. The molecule has 0 unspecified atom stereocenters. The monoisotopic (exact) mass is 368 g/mol. The third kappa shape index (κ3) is 3.66. The van der Waals surface area contributed by atoms with Crippen molar-refractivity contribution in [1.82, 2.24) is 19.1 Å². The van der Waals surface area contributed by atoms with E-state index < -0.39 is 11.2 Å². The van der Waals surface area contributed by atoms with E-state index in [1.165, 1.54) is 4.57 Å². The zero-order valence-electron chi connectivity index (χ0n) is 15.3. The Morgan fingerprint density at radius 2 is 2.07 bits per heavy atom. The van der Waals surface area contributed by atoms with Crippen molar-refractivity contribution in [3.63, 3.8) is 0 Å². The molecule has 140 valence electrons. The first kappa shape index (κ1) is 18.2. The van der Waals surface area contributed by atoms with Gasteiger partial charge < -0.3 is 4.74 Å². The van der Waals surface area contributed by atoms with Gasteiger partial charge in [-0.05, 0) is 36.8 Å². The summed E-state index contributed by atoms with van der Waals surface area (Å²) in [6.07, 6.45) is 1.62. The summed E-state index contributed by atoms with van der Waals surface area (Å²) in [5.41, 5.74) is 4.04. The van der Waals surface area contributed by atoms with Gasteiger partial charge in [0.15, 0.2) is 11.2 Å². The molecule has 2 heterocycles. The standard InChI is InChI=1S/C18H20N6O3/c1-11(2)10-24-14-15(23(3)18(26)21-16(14)25)20-17(24)22-19-9-12-5-7-13(27-4)8-6-12/h5-9H,1,10H2,2-4H3,(H,20,22)(H,21,25,26)/b19-9+. The average molecular weight is 368 g/mol. The number of imidazole rings is 1.